The minimum atomic E-state index is -0.676. The molecule has 0 spiro atoms. The molecule has 0 aliphatic heterocycles. The van der Waals surface area contributed by atoms with E-state index in [9.17, 15) is 14.4 Å². The van der Waals surface area contributed by atoms with Gasteiger partial charge in [-0.3, -0.25) is 4.79 Å². The van der Waals surface area contributed by atoms with Crippen molar-refractivity contribution >= 4 is 17.8 Å². The fourth-order valence-electron chi connectivity index (χ4n) is 1.79. The number of methoxy groups -OCH3 is 1. The molecule has 1 heterocycles. The van der Waals surface area contributed by atoms with Gasteiger partial charge in [0.15, 0.2) is 6.61 Å². The second-order valence-electron chi connectivity index (χ2n) is 4.57. The maximum atomic E-state index is 11.7. The third-order valence-electron chi connectivity index (χ3n) is 2.92. The molecule has 1 aromatic heterocycles. The van der Waals surface area contributed by atoms with E-state index in [0.29, 0.717) is 0 Å². The van der Waals surface area contributed by atoms with E-state index in [2.05, 4.69) is 4.74 Å². The molecule has 0 fully saturated rings. The number of esters is 2. The summed E-state index contributed by atoms with van der Waals surface area (Å²) in [7, 11) is 1.23. The van der Waals surface area contributed by atoms with Crippen molar-refractivity contribution in [3.8, 4) is 5.75 Å². The second-order valence-corrected chi connectivity index (χ2v) is 4.57. The van der Waals surface area contributed by atoms with Gasteiger partial charge in [-0.15, -0.1) is 0 Å². The SMILES string of the molecule is COC(=O)c1ccc(COC(=O)COc2ccccc2C(N)=O)o1. The molecule has 2 rings (SSSR count). The molecule has 2 N–H and O–H groups in total. The van der Waals surface area contributed by atoms with E-state index < -0.39 is 24.5 Å². The van der Waals surface area contributed by atoms with Gasteiger partial charge in [0.05, 0.1) is 12.7 Å². The van der Waals surface area contributed by atoms with Crippen LogP contribution in [-0.4, -0.2) is 31.6 Å². The van der Waals surface area contributed by atoms with Gasteiger partial charge in [0.2, 0.25) is 5.76 Å². The number of para-hydroxylation sites is 1. The number of hydrogen-bond acceptors (Lipinski definition) is 7. The largest absolute Gasteiger partial charge is 0.481 e. The number of rotatable bonds is 7. The van der Waals surface area contributed by atoms with Crippen molar-refractivity contribution < 1.29 is 33.0 Å². The predicted octanol–water partition coefficient (Wildman–Crippen LogP) is 1.29. The van der Waals surface area contributed by atoms with E-state index in [1.165, 1.54) is 31.4 Å². The van der Waals surface area contributed by atoms with Crippen LogP contribution in [-0.2, 0) is 20.9 Å². The fourth-order valence-corrected chi connectivity index (χ4v) is 1.79. The summed E-state index contributed by atoms with van der Waals surface area (Å²) in [6.45, 7) is -0.578. The average molecular weight is 333 g/mol. The number of carbonyl (C=O) groups is 3. The van der Waals surface area contributed by atoms with Crippen molar-refractivity contribution in [2.24, 2.45) is 5.73 Å². The van der Waals surface area contributed by atoms with Gasteiger partial charge in [-0.25, -0.2) is 9.59 Å². The Balaban J connectivity index is 1.85. The minimum Gasteiger partial charge on any atom is -0.481 e. The predicted molar refractivity (Wildman–Crippen MR) is 80.3 cm³/mol. The van der Waals surface area contributed by atoms with Crippen LogP contribution in [0.4, 0.5) is 0 Å². The molecule has 0 unspecified atom stereocenters. The van der Waals surface area contributed by atoms with Crippen LogP contribution in [0.1, 0.15) is 26.7 Å². The highest BCUT2D eigenvalue weighted by molar-refractivity contribution is 5.95. The zero-order valence-corrected chi connectivity index (χ0v) is 12.8. The highest BCUT2D eigenvalue weighted by atomic mass is 16.6. The Morgan fingerprint density at radius 2 is 1.88 bits per heavy atom. The van der Waals surface area contributed by atoms with Gasteiger partial charge in [-0.2, -0.15) is 0 Å². The average Bonchev–Trinajstić information content (AvgIpc) is 3.06. The van der Waals surface area contributed by atoms with Crippen LogP contribution >= 0.6 is 0 Å². The summed E-state index contributed by atoms with van der Waals surface area (Å²) in [6, 6.07) is 9.17. The van der Waals surface area contributed by atoms with Crippen molar-refractivity contribution in [1.82, 2.24) is 0 Å². The normalized spacial score (nSPS) is 10.0. The third kappa shape index (κ3) is 4.35. The molecule has 0 saturated carbocycles. The van der Waals surface area contributed by atoms with Gasteiger partial charge in [0.25, 0.3) is 5.91 Å². The minimum absolute atomic E-state index is 0.00943. The molecular weight excluding hydrogens is 318 g/mol. The lowest BCUT2D eigenvalue weighted by Gasteiger charge is -2.08. The number of benzene rings is 1. The Kier molecular flexibility index (Phi) is 5.56. The Morgan fingerprint density at radius 3 is 2.58 bits per heavy atom. The molecule has 0 radical (unpaired) electrons. The van der Waals surface area contributed by atoms with Gasteiger partial charge in [-0.1, -0.05) is 12.1 Å². The maximum Gasteiger partial charge on any atom is 0.373 e. The van der Waals surface area contributed by atoms with Gasteiger partial charge in [0.1, 0.15) is 18.1 Å². The third-order valence-corrected chi connectivity index (χ3v) is 2.92. The first-order chi connectivity index (χ1) is 11.5. The summed E-state index contributed by atoms with van der Waals surface area (Å²) in [5.41, 5.74) is 5.37. The van der Waals surface area contributed by atoms with Crippen LogP contribution in [0.5, 0.6) is 5.75 Å². The van der Waals surface area contributed by atoms with Gasteiger partial charge >= 0.3 is 11.9 Å². The number of primary amides is 1. The van der Waals surface area contributed by atoms with Crippen LogP contribution in [0.3, 0.4) is 0 Å². The van der Waals surface area contributed by atoms with Crippen LogP contribution in [0.2, 0.25) is 0 Å². The van der Waals surface area contributed by atoms with E-state index in [1.54, 1.807) is 12.1 Å². The molecule has 1 aromatic carbocycles. The van der Waals surface area contributed by atoms with E-state index in [1.807, 2.05) is 0 Å². The fraction of sp³-hybridized carbons (Fsp3) is 0.188. The lowest BCUT2D eigenvalue weighted by molar-refractivity contribution is -0.147. The van der Waals surface area contributed by atoms with Crippen molar-refractivity contribution in [2.45, 2.75) is 6.61 Å². The zero-order valence-electron chi connectivity index (χ0n) is 12.8. The number of nitrogens with two attached hydrogens (primary N) is 1. The molecule has 0 saturated heterocycles. The van der Waals surface area contributed by atoms with E-state index in [0.717, 1.165) is 0 Å². The summed E-state index contributed by atoms with van der Waals surface area (Å²) in [5.74, 6) is -1.49. The lowest BCUT2D eigenvalue weighted by atomic mass is 10.2. The molecule has 2 aromatic rings. The molecule has 24 heavy (non-hydrogen) atoms. The van der Waals surface area contributed by atoms with Crippen molar-refractivity contribution in [3.05, 3.63) is 53.5 Å². The number of carbonyl (C=O) groups excluding carboxylic acids is 3. The van der Waals surface area contributed by atoms with E-state index >= 15 is 0 Å². The summed E-state index contributed by atoms with van der Waals surface area (Å²) < 4.78 is 19.8. The molecule has 8 heteroatoms. The van der Waals surface area contributed by atoms with Crippen molar-refractivity contribution in [2.75, 3.05) is 13.7 Å². The highest BCUT2D eigenvalue weighted by Gasteiger charge is 2.14. The van der Waals surface area contributed by atoms with Crippen molar-refractivity contribution in [1.29, 1.82) is 0 Å². The Hall–Kier alpha value is -3.29. The van der Waals surface area contributed by atoms with Gasteiger partial charge < -0.3 is 24.4 Å². The van der Waals surface area contributed by atoms with Crippen LogP contribution in [0, 0.1) is 0 Å². The first-order valence-corrected chi connectivity index (χ1v) is 6.85. The molecule has 126 valence electrons. The quantitative estimate of drug-likeness (QED) is 0.758. The standard InChI is InChI=1S/C16H15NO7/c1-21-16(20)13-7-6-10(24-13)8-23-14(18)9-22-12-5-3-2-4-11(12)15(17)19/h2-7H,8-9H2,1H3,(H2,17,19). The molecular formula is C16H15NO7. The highest BCUT2D eigenvalue weighted by Crippen LogP contribution is 2.17. The Morgan fingerprint density at radius 1 is 1.12 bits per heavy atom. The molecule has 0 atom stereocenters. The molecule has 0 aliphatic carbocycles. The smallest absolute Gasteiger partial charge is 0.373 e. The molecule has 0 aliphatic rings. The van der Waals surface area contributed by atoms with Crippen LogP contribution < -0.4 is 10.5 Å². The topological polar surface area (TPSA) is 118 Å². The summed E-state index contributed by atoms with van der Waals surface area (Å²) in [4.78, 5) is 34.1. The Bertz CT molecular complexity index is 750. The number of ether oxygens (including phenoxy) is 3. The van der Waals surface area contributed by atoms with Gasteiger partial charge in [-0.05, 0) is 24.3 Å². The van der Waals surface area contributed by atoms with Gasteiger partial charge in [0, 0.05) is 0 Å². The molecule has 1 amide bonds. The van der Waals surface area contributed by atoms with E-state index in [4.69, 9.17) is 19.6 Å². The first kappa shape index (κ1) is 17.1. The maximum absolute atomic E-state index is 11.7. The monoisotopic (exact) mass is 333 g/mol. The number of hydrogen-bond donors (Lipinski definition) is 1. The molecule has 8 nitrogen and oxygen atoms in total. The molecule has 0 bridgehead atoms. The zero-order chi connectivity index (χ0) is 17.5. The van der Waals surface area contributed by atoms with E-state index in [-0.39, 0.29) is 29.4 Å². The number of amides is 1. The Labute approximate surface area is 137 Å². The van der Waals surface area contributed by atoms with Crippen LogP contribution in [0.25, 0.3) is 0 Å². The second kappa shape index (κ2) is 7.82. The summed E-state index contributed by atoms with van der Waals surface area (Å²) in [6.07, 6.45) is 0. The lowest BCUT2D eigenvalue weighted by Crippen LogP contribution is -2.18. The van der Waals surface area contributed by atoms with Crippen molar-refractivity contribution in [3.63, 3.8) is 0 Å². The first-order valence-electron chi connectivity index (χ1n) is 6.85. The van der Waals surface area contributed by atoms with Crippen LogP contribution in [0.15, 0.2) is 40.8 Å². The summed E-state index contributed by atoms with van der Waals surface area (Å²) >= 11 is 0. The summed E-state index contributed by atoms with van der Waals surface area (Å²) in [5, 5.41) is 0. The number of furan rings is 1.